The molecule has 0 aliphatic rings. The van der Waals surface area contributed by atoms with Gasteiger partial charge in [0.1, 0.15) is 6.04 Å². The first kappa shape index (κ1) is 19.7. The molecule has 0 fully saturated rings. The van der Waals surface area contributed by atoms with Crippen molar-refractivity contribution in [3.63, 3.8) is 0 Å². The molecule has 0 spiro atoms. The van der Waals surface area contributed by atoms with Gasteiger partial charge in [-0.05, 0) is 49.9 Å². The Balaban J connectivity index is 2.27. The predicted octanol–water partition coefficient (Wildman–Crippen LogP) is 3.40. The van der Waals surface area contributed by atoms with Crippen LogP contribution in [0.1, 0.15) is 36.1 Å². The molecule has 0 saturated carbocycles. The van der Waals surface area contributed by atoms with Crippen molar-refractivity contribution in [3.8, 4) is 0 Å². The number of rotatable bonds is 7. The molecule has 1 atom stereocenters. The maximum absolute atomic E-state index is 13.1. The van der Waals surface area contributed by atoms with Crippen molar-refractivity contribution in [1.82, 2.24) is 10.2 Å². The molecule has 2 rings (SSSR count). The third-order valence-electron chi connectivity index (χ3n) is 4.72. The van der Waals surface area contributed by atoms with Crippen LogP contribution in [0.15, 0.2) is 48.5 Å². The number of carbonyl (C=O) groups is 2. The highest BCUT2D eigenvalue weighted by Crippen LogP contribution is 2.16. The molecule has 0 bridgehead atoms. The van der Waals surface area contributed by atoms with E-state index in [1.165, 1.54) is 0 Å². The van der Waals surface area contributed by atoms with Crippen LogP contribution in [0.4, 0.5) is 0 Å². The molecule has 4 nitrogen and oxygen atoms in total. The molecule has 0 aliphatic heterocycles. The van der Waals surface area contributed by atoms with Gasteiger partial charge in [-0.15, -0.1) is 0 Å². The summed E-state index contributed by atoms with van der Waals surface area (Å²) in [4.78, 5) is 27.1. The fourth-order valence-electron chi connectivity index (χ4n) is 2.95. The lowest BCUT2D eigenvalue weighted by Gasteiger charge is -2.29. The zero-order valence-corrected chi connectivity index (χ0v) is 16.1. The monoisotopic (exact) mass is 352 g/mol. The first-order valence-corrected chi connectivity index (χ1v) is 9.10. The second-order valence-electron chi connectivity index (χ2n) is 6.62. The van der Waals surface area contributed by atoms with Gasteiger partial charge in [0.2, 0.25) is 11.8 Å². The summed E-state index contributed by atoms with van der Waals surface area (Å²) in [5.74, 6) is -0.166. The summed E-state index contributed by atoms with van der Waals surface area (Å²) in [6, 6.07) is 15.3. The molecule has 0 aliphatic carbocycles. The fourth-order valence-corrected chi connectivity index (χ4v) is 2.95. The van der Waals surface area contributed by atoms with E-state index < -0.39 is 6.04 Å². The zero-order valence-electron chi connectivity index (χ0n) is 16.1. The van der Waals surface area contributed by atoms with Crippen molar-refractivity contribution in [2.45, 2.75) is 46.7 Å². The van der Waals surface area contributed by atoms with Crippen LogP contribution >= 0.6 is 0 Å². The lowest BCUT2D eigenvalue weighted by Crippen LogP contribution is -2.48. The second-order valence-corrected chi connectivity index (χ2v) is 6.62. The Morgan fingerprint density at radius 1 is 0.962 bits per heavy atom. The van der Waals surface area contributed by atoms with Crippen molar-refractivity contribution in [1.29, 1.82) is 0 Å². The van der Waals surface area contributed by atoms with Gasteiger partial charge in [0.15, 0.2) is 0 Å². The Kier molecular flexibility index (Phi) is 6.96. The van der Waals surface area contributed by atoms with Crippen LogP contribution < -0.4 is 5.32 Å². The maximum Gasteiger partial charge on any atom is 0.242 e. The zero-order chi connectivity index (χ0) is 19.1. The number of nitrogens with one attached hydrogen (secondary N) is 1. The summed E-state index contributed by atoms with van der Waals surface area (Å²) in [5, 5.41) is 2.82. The Hall–Kier alpha value is -2.62. The lowest BCUT2D eigenvalue weighted by molar-refractivity contribution is -0.140. The van der Waals surface area contributed by atoms with Crippen LogP contribution in [0.5, 0.6) is 0 Å². The summed E-state index contributed by atoms with van der Waals surface area (Å²) < 4.78 is 0. The Morgan fingerprint density at radius 3 is 2.04 bits per heavy atom. The molecule has 4 heteroatoms. The molecule has 2 amide bonds. The van der Waals surface area contributed by atoms with Crippen LogP contribution in [-0.4, -0.2) is 29.3 Å². The van der Waals surface area contributed by atoms with Crippen LogP contribution in [0, 0.1) is 13.8 Å². The second kappa shape index (κ2) is 9.18. The summed E-state index contributed by atoms with van der Waals surface area (Å²) >= 11 is 0. The molecule has 26 heavy (non-hydrogen) atoms. The molecule has 2 aromatic rings. The Labute approximate surface area is 156 Å². The highest BCUT2D eigenvalue weighted by molar-refractivity contribution is 5.88. The minimum Gasteiger partial charge on any atom is -0.355 e. The molecule has 0 aromatic heterocycles. The van der Waals surface area contributed by atoms with E-state index in [1.54, 1.807) is 11.8 Å². The number of benzene rings is 2. The number of nitrogens with zero attached hydrogens (tertiary/aromatic N) is 1. The topological polar surface area (TPSA) is 49.4 Å². The SMILES string of the molecule is CCNC(=O)[C@@H](C)N(Cc1ccccc1C)C(=O)Cc1ccccc1C. The highest BCUT2D eigenvalue weighted by atomic mass is 16.2. The van der Waals surface area contributed by atoms with Gasteiger partial charge in [-0.1, -0.05) is 48.5 Å². The van der Waals surface area contributed by atoms with Gasteiger partial charge in [0.05, 0.1) is 6.42 Å². The standard InChI is InChI=1S/C22H28N2O2/c1-5-23-22(26)18(4)24(15-20-13-9-7-11-17(20)3)21(25)14-19-12-8-6-10-16(19)2/h6-13,18H,5,14-15H2,1-4H3,(H,23,26)/t18-/m1/s1. The molecule has 2 aromatic carbocycles. The van der Waals surface area contributed by atoms with Gasteiger partial charge in [-0.25, -0.2) is 0 Å². The Bertz CT molecular complexity index is 770. The predicted molar refractivity (Wildman–Crippen MR) is 105 cm³/mol. The van der Waals surface area contributed by atoms with E-state index in [2.05, 4.69) is 5.32 Å². The molecule has 1 N–H and O–H groups in total. The number of amides is 2. The van der Waals surface area contributed by atoms with Crippen molar-refractivity contribution in [3.05, 3.63) is 70.8 Å². The third kappa shape index (κ3) is 4.94. The molecule has 0 radical (unpaired) electrons. The quantitative estimate of drug-likeness (QED) is 0.830. The van der Waals surface area contributed by atoms with E-state index in [1.807, 2.05) is 69.3 Å². The summed E-state index contributed by atoms with van der Waals surface area (Å²) in [5.41, 5.74) is 4.25. The number of carbonyl (C=O) groups excluding carboxylic acids is 2. The molecular formula is C22H28N2O2. The minimum atomic E-state index is -0.522. The Morgan fingerprint density at radius 2 is 1.50 bits per heavy atom. The normalized spacial score (nSPS) is 11.7. The van der Waals surface area contributed by atoms with Crippen LogP contribution in [0.3, 0.4) is 0 Å². The largest absolute Gasteiger partial charge is 0.355 e. The van der Waals surface area contributed by atoms with E-state index in [4.69, 9.17) is 0 Å². The van der Waals surface area contributed by atoms with Crippen LogP contribution in [0.2, 0.25) is 0 Å². The first-order valence-electron chi connectivity index (χ1n) is 9.10. The third-order valence-corrected chi connectivity index (χ3v) is 4.72. The fraction of sp³-hybridized carbons (Fsp3) is 0.364. The van der Waals surface area contributed by atoms with Gasteiger partial charge in [0.25, 0.3) is 0 Å². The molecular weight excluding hydrogens is 324 g/mol. The van der Waals surface area contributed by atoms with Crippen molar-refractivity contribution < 1.29 is 9.59 Å². The van der Waals surface area contributed by atoms with E-state index in [-0.39, 0.29) is 11.8 Å². The lowest BCUT2D eigenvalue weighted by atomic mass is 10.0. The average molecular weight is 352 g/mol. The smallest absolute Gasteiger partial charge is 0.242 e. The van der Waals surface area contributed by atoms with Gasteiger partial charge in [0, 0.05) is 13.1 Å². The van der Waals surface area contributed by atoms with Crippen LogP contribution in [-0.2, 0) is 22.6 Å². The van der Waals surface area contributed by atoms with Gasteiger partial charge >= 0.3 is 0 Å². The number of aryl methyl sites for hydroxylation is 2. The van der Waals surface area contributed by atoms with Crippen molar-refractivity contribution >= 4 is 11.8 Å². The van der Waals surface area contributed by atoms with E-state index in [0.717, 1.165) is 22.3 Å². The summed E-state index contributed by atoms with van der Waals surface area (Å²) in [6.07, 6.45) is 0.294. The molecule has 0 saturated heterocycles. The van der Waals surface area contributed by atoms with Crippen molar-refractivity contribution in [2.75, 3.05) is 6.54 Å². The number of hydrogen-bond donors (Lipinski definition) is 1. The molecule has 0 unspecified atom stereocenters. The molecule has 138 valence electrons. The summed E-state index contributed by atoms with van der Waals surface area (Å²) in [7, 11) is 0. The van der Waals surface area contributed by atoms with Crippen LogP contribution in [0.25, 0.3) is 0 Å². The highest BCUT2D eigenvalue weighted by Gasteiger charge is 2.26. The number of likely N-dealkylation sites (N-methyl/N-ethyl adjacent to an activating group) is 1. The van der Waals surface area contributed by atoms with Crippen molar-refractivity contribution in [2.24, 2.45) is 0 Å². The van der Waals surface area contributed by atoms with E-state index in [0.29, 0.717) is 19.5 Å². The molecule has 0 heterocycles. The summed E-state index contributed by atoms with van der Waals surface area (Å²) in [6.45, 7) is 8.67. The number of hydrogen-bond acceptors (Lipinski definition) is 2. The maximum atomic E-state index is 13.1. The van der Waals surface area contributed by atoms with E-state index in [9.17, 15) is 9.59 Å². The minimum absolute atomic E-state index is 0.0405. The average Bonchev–Trinajstić information content (AvgIpc) is 2.62. The first-order chi connectivity index (χ1) is 12.4. The van der Waals surface area contributed by atoms with Gasteiger partial charge < -0.3 is 10.2 Å². The van der Waals surface area contributed by atoms with Gasteiger partial charge in [-0.2, -0.15) is 0 Å². The van der Waals surface area contributed by atoms with E-state index >= 15 is 0 Å². The van der Waals surface area contributed by atoms with Gasteiger partial charge in [-0.3, -0.25) is 9.59 Å².